The van der Waals surface area contributed by atoms with Crippen LogP contribution in [0, 0.1) is 0 Å². The van der Waals surface area contributed by atoms with Crippen molar-refractivity contribution in [2.24, 2.45) is 0 Å². The van der Waals surface area contributed by atoms with Crippen LogP contribution in [-0.4, -0.2) is 18.9 Å². The van der Waals surface area contributed by atoms with Crippen LogP contribution in [0.2, 0.25) is 0 Å². The Kier molecular flexibility index (Phi) is 4.71. The van der Waals surface area contributed by atoms with Crippen LogP contribution in [0.15, 0.2) is 40.8 Å². The van der Waals surface area contributed by atoms with Gasteiger partial charge in [0.15, 0.2) is 12.0 Å². The molecule has 0 N–H and O–H groups in total. The van der Waals surface area contributed by atoms with E-state index in [2.05, 4.69) is 0 Å². The lowest BCUT2D eigenvalue weighted by Crippen LogP contribution is -2.05. The van der Waals surface area contributed by atoms with E-state index in [1.807, 2.05) is 24.3 Å². The van der Waals surface area contributed by atoms with Gasteiger partial charge in [-0.25, -0.2) is 0 Å². The molecule has 0 amide bonds. The quantitative estimate of drug-likeness (QED) is 0.598. The van der Waals surface area contributed by atoms with Crippen molar-refractivity contribution in [1.82, 2.24) is 0 Å². The molecule has 2 aromatic rings. The Balaban J connectivity index is 1.99. The van der Waals surface area contributed by atoms with E-state index in [4.69, 9.17) is 9.15 Å². The van der Waals surface area contributed by atoms with Gasteiger partial charge in [-0.2, -0.15) is 0 Å². The zero-order chi connectivity index (χ0) is 14.4. The highest BCUT2D eigenvalue weighted by molar-refractivity contribution is 5.73. The molecular formula is C16H16O4. The van der Waals surface area contributed by atoms with E-state index in [1.165, 1.54) is 0 Å². The molecule has 0 aliphatic carbocycles. The standard InChI is InChI=1S/C16H16O4/c1-2-19-16(18)10-5-12-3-6-13(7-4-12)15-9-8-14(11-17)20-15/h3-4,6-9,11H,2,5,10H2,1H3. The summed E-state index contributed by atoms with van der Waals surface area (Å²) in [6.07, 6.45) is 1.71. The van der Waals surface area contributed by atoms with Gasteiger partial charge in [0.1, 0.15) is 5.76 Å². The molecule has 0 aliphatic rings. The molecule has 0 saturated carbocycles. The van der Waals surface area contributed by atoms with Gasteiger partial charge in [-0.05, 0) is 31.0 Å². The highest BCUT2D eigenvalue weighted by Crippen LogP contribution is 2.22. The van der Waals surface area contributed by atoms with Crippen LogP contribution >= 0.6 is 0 Å². The largest absolute Gasteiger partial charge is 0.466 e. The molecule has 0 fully saturated rings. The first-order chi connectivity index (χ1) is 9.72. The molecule has 4 heteroatoms. The molecule has 0 unspecified atom stereocenters. The number of hydrogen-bond donors (Lipinski definition) is 0. The van der Waals surface area contributed by atoms with Crippen LogP contribution in [0.25, 0.3) is 11.3 Å². The van der Waals surface area contributed by atoms with Crippen LogP contribution in [0.1, 0.15) is 29.5 Å². The van der Waals surface area contributed by atoms with Crippen molar-refractivity contribution in [2.45, 2.75) is 19.8 Å². The maximum absolute atomic E-state index is 11.3. The van der Waals surface area contributed by atoms with Gasteiger partial charge in [-0.15, -0.1) is 0 Å². The highest BCUT2D eigenvalue weighted by Gasteiger charge is 2.06. The minimum atomic E-state index is -0.182. The summed E-state index contributed by atoms with van der Waals surface area (Å²) in [5, 5.41) is 0. The summed E-state index contributed by atoms with van der Waals surface area (Å²) < 4.78 is 10.2. The molecule has 0 spiro atoms. The van der Waals surface area contributed by atoms with E-state index in [1.54, 1.807) is 19.1 Å². The van der Waals surface area contributed by atoms with E-state index in [0.717, 1.165) is 11.1 Å². The predicted octanol–water partition coefficient (Wildman–Crippen LogP) is 3.25. The lowest BCUT2D eigenvalue weighted by atomic mass is 10.1. The number of ether oxygens (including phenoxy) is 1. The van der Waals surface area contributed by atoms with Crippen LogP contribution < -0.4 is 0 Å². The molecular weight excluding hydrogens is 256 g/mol. The summed E-state index contributed by atoms with van der Waals surface area (Å²) in [7, 11) is 0. The fourth-order valence-corrected chi connectivity index (χ4v) is 1.89. The minimum Gasteiger partial charge on any atom is -0.466 e. The first-order valence-corrected chi connectivity index (χ1v) is 6.53. The van der Waals surface area contributed by atoms with Crippen LogP contribution in [0.3, 0.4) is 0 Å². The Morgan fingerprint density at radius 3 is 2.55 bits per heavy atom. The summed E-state index contributed by atoms with van der Waals surface area (Å²) in [6.45, 7) is 2.21. The molecule has 1 aromatic carbocycles. The van der Waals surface area contributed by atoms with Gasteiger partial charge in [0.2, 0.25) is 0 Å². The zero-order valence-electron chi connectivity index (χ0n) is 11.3. The number of benzene rings is 1. The molecule has 0 bridgehead atoms. The third kappa shape index (κ3) is 3.57. The molecule has 1 aromatic heterocycles. The van der Waals surface area contributed by atoms with Gasteiger partial charge in [0.05, 0.1) is 6.61 Å². The number of rotatable bonds is 6. The monoisotopic (exact) mass is 272 g/mol. The average molecular weight is 272 g/mol. The van der Waals surface area contributed by atoms with Crippen molar-refractivity contribution in [3.8, 4) is 11.3 Å². The van der Waals surface area contributed by atoms with Crippen molar-refractivity contribution in [2.75, 3.05) is 6.61 Å². The fourth-order valence-electron chi connectivity index (χ4n) is 1.89. The average Bonchev–Trinajstić information content (AvgIpc) is 2.95. The van der Waals surface area contributed by atoms with E-state index >= 15 is 0 Å². The second-order valence-electron chi connectivity index (χ2n) is 4.32. The molecule has 0 radical (unpaired) electrons. The van der Waals surface area contributed by atoms with Crippen molar-refractivity contribution in [3.05, 3.63) is 47.7 Å². The first kappa shape index (κ1) is 14.1. The smallest absolute Gasteiger partial charge is 0.306 e. The molecule has 0 saturated heterocycles. The molecule has 2 rings (SSSR count). The molecule has 104 valence electrons. The fraction of sp³-hybridized carbons (Fsp3) is 0.250. The predicted molar refractivity (Wildman–Crippen MR) is 74.5 cm³/mol. The van der Waals surface area contributed by atoms with E-state index < -0.39 is 0 Å². The van der Waals surface area contributed by atoms with Crippen LogP contribution in [-0.2, 0) is 16.0 Å². The summed E-state index contributed by atoms with van der Waals surface area (Å²) in [6, 6.07) is 11.1. The number of esters is 1. The second kappa shape index (κ2) is 6.70. The number of furan rings is 1. The normalized spacial score (nSPS) is 10.2. The van der Waals surface area contributed by atoms with E-state index in [0.29, 0.717) is 37.3 Å². The highest BCUT2D eigenvalue weighted by atomic mass is 16.5. The summed E-state index contributed by atoms with van der Waals surface area (Å²) in [5.74, 6) is 0.786. The van der Waals surface area contributed by atoms with Crippen molar-refractivity contribution < 1.29 is 18.7 Å². The number of carbonyl (C=O) groups excluding carboxylic acids is 2. The first-order valence-electron chi connectivity index (χ1n) is 6.53. The van der Waals surface area contributed by atoms with Gasteiger partial charge in [-0.3, -0.25) is 9.59 Å². The summed E-state index contributed by atoms with van der Waals surface area (Å²) >= 11 is 0. The number of hydrogen-bond acceptors (Lipinski definition) is 4. The Morgan fingerprint density at radius 1 is 1.20 bits per heavy atom. The SMILES string of the molecule is CCOC(=O)CCc1ccc(-c2ccc(C=O)o2)cc1. The third-order valence-corrected chi connectivity index (χ3v) is 2.90. The second-order valence-corrected chi connectivity index (χ2v) is 4.32. The van der Waals surface area contributed by atoms with E-state index in [-0.39, 0.29) is 5.97 Å². The third-order valence-electron chi connectivity index (χ3n) is 2.90. The van der Waals surface area contributed by atoms with E-state index in [9.17, 15) is 9.59 Å². The molecule has 1 heterocycles. The lowest BCUT2D eigenvalue weighted by Gasteiger charge is -2.03. The molecule has 0 atom stereocenters. The minimum absolute atomic E-state index is 0.182. The van der Waals surface area contributed by atoms with Gasteiger partial charge in [-0.1, -0.05) is 24.3 Å². The summed E-state index contributed by atoms with van der Waals surface area (Å²) in [4.78, 5) is 21.8. The Labute approximate surface area is 117 Å². The Hall–Kier alpha value is -2.36. The topological polar surface area (TPSA) is 56.5 Å². The van der Waals surface area contributed by atoms with Gasteiger partial charge >= 0.3 is 5.97 Å². The van der Waals surface area contributed by atoms with Gasteiger partial charge in [0, 0.05) is 12.0 Å². The number of aldehydes is 1. The molecule has 0 aliphatic heterocycles. The maximum Gasteiger partial charge on any atom is 0.306 e. The van der Waals surface area contributed by atoms with Crippen molar-refractivity contribution >= 4 is 12.3 Å². The molecule has 4 nitrogen and oxygen atoms in total. The van der Waals surface area contributed by atoms with Crippen molar-refractivity contribution in [3.63, 3.8) is 0 Å². The van der Waals surface area contributed by atoms with Crippen molar-refractivity contribution in [1.29, 1.82) is 0 Å². The van der Waals surface area contributed by atoms with Crippen LogP contribution in [0.5, 0.6) is 0 Å². The van der Waals surface area contributed by atoms with Gasteiger partial charge in [0.25, 0.3) is 0 Å². The molecule has 20 heavy (non-hydrogen) atoms. The Bertz CT molecular complexity index is 581. The summed E-state index contributed by atoms with van der Waals surface area (Å²) in [5.41, 5.74) is 1.96. The lowest BCUT2D eigenvalue weighted by molar-refractivity contribution is -0.143. The Morgan fingerprint density at radius 2 is 1.95 bits per heavy atom. The van der Waals surface area contributed by atoms with Crippen LogP contribution in [0.4, 0.5) is 0 Å². The zero-order valence-corrected chi connectivity index (χ0v) is 11.3. The maximum atomic E-state index is 11.3. The number of aryl methyl sites for hydroxylation is 1. The number of carbonyl (C=O) groups is 2. The van der Waals surface area contributed by atoms with Gasteiger partial charge < -0.3 is 9.15 Å².